The topological polar surface area (TPSA) is 35.6 Å². The second kappa shape index (κ2) is 4.33. The number of halogens is 1. The Morgan fingerprint density at radius 2 is 2.28 bits per heavy atom. The van der Waals surface area contributed by atoms with Gasteiger partial charge in [-0.05, 0) is 30.7 Å². The molecular formula is C13H16FN3O. The Morgan fingerprint density at radius 3 is 3.00 bits per heavy atom. The second-order valence-corrected chi connectivity index (χ2v) is 4.87. The molecule has 1 aromatic rings. The summed E-state index contributed by atoms with van der Waals surface area (Å²) in [6.45, 7) is 4.83. The summed E-state index contributed by atoms with van der Waals surface area (Å²) < 4.78 is 13.3. The molecule has 96 valence electrons. The number of fused-ring (bicyclic) bond motifs is 1. The van der Waals surface area contributed by atoms with Crippen molar-refractivity contribution in [2.75, 3.05) is 31.2 Å². The van der Waals surface area contributed by atoms with E-state index in [2.05, 4.69) is 10.2 Å². The van der Waals surface area contributed by atoms with Gasteiger partial charge in [-0.1, -0.05) is 0 Å². The van der Waals surface area contributed by atoms with E-state index >= 15 is 0 Å². The fourth-order valence-electron chi connectivity index (χ4n) is 2.60. The first kappa shape index (κ1) is 11.6. The number of benzene rings is 1. The predicted molar refractivity (Wildman–Crippen MR) is 66.9 cm³/mol. The summed E-state index contributed by atoms with van der Waals surface area (Å²) >= 11 is 0. The highest BCUT2D eigenvalue weighted by Crippen LogP contribution is 2.25. The van der Waals surface area contributed by atoms with Gasteiger partial charge in [0.25, 0.3) is 0 Å². The van der Waals surface area contributed by atoms with E-state index in [1.165, 1.54) is 6.07 Å². The van der Waals surface area contributed by atoms with Crippen LogP contribution in [0, 0.1) is 12.7 Å². The Bertz CT molecular complexity index is 491. The van der Waals surface area contributed by atoms with Gasteiger partial charge in [-0.3, -0.25) is 14.6 Å². The molecule has 2 saturated heterocycles. The van der Waals surface area contributed by atoms with E-state index in [9.17, 15) is 9.18 Å². The van der Waals surface area contributed by atoms with Crippen LogP contribution in [0.5, 0.6) is 0 Å². The van der Waals surface area contributed by atoms with Crippen molar-refractivity contribution in [3.63, 3.8) is 0 Å². The lowest BCUT2D eigenvalue weighted by atomic mass is 10.2. The van der Waals surface area contributed by atoms with Gasteiger partial charge in [0.1, 0.15) is 11.9 Å². The molecule has 4 nitrogen and oxygen atoms in total. The highest BCUT2D eigenvalue weighted by Gasteiger charge is 2.40. The van der Waals surface area contributed by atoms with Crippen molar-refractivity contribution in [3.05, 3.63) is 29.6 Å². The van der Waals surface area contributed by atoms with E-state index in [0.717, 1.165) is 18.8 Å². The SMILES string of the molecule is Cc1cc(N2CN3CCNCC3C2=O)ccc1F. The van der Waals surface area contributed by atoms with Gasteiger partial charge in [-0.25, -0.2) is 4.39 Å². The van der Waals surface area contributed by atoms with Crippen LogP contribution in [0.25, 0.3) is 0 Å². The van der Waals surface area contributed by atoms with E-state index in [1.54, 1.807) is 24.0 Å². The minimum Gasteiger partial charge on any atom is -0.313 e. The first-order chi connectivity index (χ1) is 8.66. The fraction of sp³-hybridized carbons (Fsp3) is 0.462. The van der Waals surface area contributed by atoms with Crippen LogP contribution in [0.15, 0.2) is 18.2 Å². The van der Waals surface area contributed by atoms with Crippen LogP contribution >= 0.6 is 0 Å². The molecule has 5 heteroatoms. The molecule has 18 heavy (non-hydrogen) atoms. The molecule has 1 amide bonds. The number of rotatable bonds is 1. The number of piperazine rings is 1. The second-order valence-electron chi connectivity index (χ2n) is 4.87. The third kappa shape index (κ3) is 1.79. The van der Waals surface area contributed by atoms with E-state index in [1.807, 2.05) is 0 Å². The predicted octanol–water partition coefficient (Wildman–Crippen LogP) is 0.712. The van der Waals surface area contributed by atoms with Crippen LogP contribution in [0.2, 0.25) is 0 Å². The molecule has 1 atom stereocenters. The number of aryl methyl sites for hydroxylation is 1. The maximum Gasteiger partial charge on any atom is 0.246 e. The fourth-order valence-corrected chi connectivity index (χ4v) is 2.60. The molecule has 0 aliphatic carbocycles. The van der Waals surface area contributed by atoms with Crippen molar-refractivity contribution in [1.29, 1.82) is 0 Å². The number of amides is 1. The number of hydrogen-bond donors (Lipinski definition) is 1. The third-order valence-corrected chi connectivity index (χ3v) is 3.68. The number of hydrogen-bond acceptors (Lipinski definition) is 3. The summed E-state index contributed by atoms with van der Waals surface area (Å²) in [5.74, 6) is -0.127. The Morgan fingerprint density at radius 1 is 1.44 bits per heavy atom. The van der Waals surface area contributed by atoms with Crippen LogP contribution in [0.4, 0.5) is 10.1 Å². The summed E-state index contributed by atoms with van der Waals surface area (Å²) in [6.07, 6.45) is 0. The molecule has 1 N–H and O–H groups in total. The molecule has 0 spiro atoms. The molecule has 0 bridgehead atoms. The van der Waals surface area contributed by atoms with Gasteiger partial charge in [0.2, 0.25) is 5.91 Å². The normalized spacial score (nSPS) is 24.4. The van der Waals surface area contributed by atoms with Gasteiger partial charge in [0.15, 0.2) is 0 Å². The molecule has 2 fully saturated rings. The van der Waals surface area contributed by atoms with Crippen LogP contribution in [-0.2, 0) is 4.79 Å². The quantitative estimate of drug-likeness (QED) is 0.796. The molecule has 2 aliphatic rings. The molecule has 2 heterocycles. The maximum atomic E-state index is 13.3. The van der Waals surface area contributed by atoms with Gasteiger partial charge >= 0.3 is 0 Å². The van der Waals surface area contributed by atoms with Crippen molar-refractivity contribution >= 4 is 11.6 Å². The molecule has 1 aromatic carbocycles. The van der Waals surface area contributed by atoms with Gasteiger partial charge < -0.3 is 5.32 Å². The van der Waals surface area contributed by atoms with E-state index in [4.69, 9.17) is 0 Å². The minimum atomic E-state index is -0.232. The Labute approximate surface area is 105 Å². The molecular weight excluding hydrogens is 233 g/mol. The zero-order valence-electron chi connectivity index (χ0n) is 10.3. The van der Waals surface area contributed by atoms with Crippen LogP contribution in [-0.4, -0.2) is 43.2 Å². The number of carbonyl (C=O) groups is 1. The smallest absolute Gasteiger partial charge is 0.246 e. The highest BCUT2D eigenvalue weighted by molar-refractivity contribution is 5.99. The van der Waals surface area contributed by atoms with Crippen molar-refractivity contribution < 1.29 is 9.18 Å². The number of nitrogens with one attached hydrogen (secondary N) is 1. The summed E-state index contributed by atoms with van der Waals surface area (Å²) in [6, 6.07) is 4.77. The first-order valence-electron chi connectivity index (χ1n) is 6.19. The average Bonchev–Trinajstić information content (AvgIpc) is 2.71. The van der Waals surface area contributed by atoms with Crippen molar-refractivity contribution in [2.45, 2.75) is 13.0 Å². The zero-order chi connectivity index (χ0) is 12.7. The van der Waals surface area contributed by atoms with Gasteiger partial charge in [-0.15, -0.1) is 0 Å². The van der Waals surface area contributed by atoms with Gasteiger partial charge in [0.05, 0.1) is 6.67 Å². The largest absolute Gasteiger partial charge is 0.313 e. The molecule has 3 rings (SSSR count). The standard InChI is InChI=1S/C13H16FN3O/c1-9-6-10(2-3-11(9)14)17-8-16-5-4-15-7-12(16)13(17)18/h2-3,6,12,15H,4-5,7-8H2,1H3. The summed E-state index contributed by atoms with van der Waals surface area (Å²) in [5, 5.41) is 3.23. The van der Waals surface area contributed by atoms with E-state index in [-0.39, 0.29) is 17.8 Å². The average molecular weight is 249 g/mol. The van der Waals surface area contributed by atoms with Gasteiger partial charge in [-0.2, -0.15) is 0 Å². The minimum absolute atomic E-state index is 0.0656. The summed E-state index contributed by atoms with van der Waals surface area (Å²) in [7, 11) is 0. The van der Waals surface area contributed by atoms with E-state index in [0.29, 0.717) is 18.8 Å². The van der Waals surface area contributed by atoms with Crippen LogP contribution < -0.4 is 10.2 Å². The lowest BCUT2D eigenvalue weighted by Crippen LogP contribution is -2.50. The highest BCUT2D eigenvalue weighted by atomic mass is 19.1. The Hall–Kier alpha value is -1.46. The van der Waals surface area contributed by atoms with Crippen molar-refractivity contribution in [3.8, 4) is 0 Å². The van der Waals surface area contributed by atoms with Gasteiger partial charge in [0, 0.05) is 25.3 Å². The van der Waals surface area contributed by atoms with Crippen molar-refractivity contribution in [1.82, 2.24) is 10.2 Å². The number of nitrogens with zero attached hydrogens (tertiary/aromatic N) is 2. The molecule has 2 aliphatic heterocycles. The van der Waals surface area contributed by atoms with E-state index < -0.39 is 0 Å². The maximum absolute atomic E-state index is 13.3. The Kier molecular flexibility index (Phi) is 2.80. The molecule has 0 saturated carbocycles. The number of anilines is 1. The number of carbonyl (C=O) groups excluding carboxylic acids is 1. The molecule has 0 radical (unpaired) electrons. The Balaban J connectivity index is 1.88. The first-order valence-corrected chi connectivity index (χ1v) is 6.19. The third-order valence-electron chi connectivity index (χ3n) is 3.68. The summed E-state index contributed by atoms with van der Waals surface area (Å²) in [4.78, 5) is 16.2. The molecule has 1 unspecified atom stereocenters. The summed E-state index contributed by atoms with van der Waals surface area (Å²) in [5.41, 5.74) is 1.36. The van der Waals surface area contributed by atoms with Crippen LogP contribution in [0.3, 0.4) is 0 Å². The monoisotopic (exact) mass is 249 g/mol. The van der Waals surface area contributed by atoms with Crippen LogP contribution in [0.1, 0.15) is 5.56 Å². The molecule has 0 aromatic heterocycles. The zero-order valence-corrected chi connectivity index (χ0v) is 10.3. The van der Waals surface area contributed by atoms with Crippen molar-refractivity contribution in [2.24, 2.45) is 0 Å². The lowest BCUT2D eigenvalue weighted by Gasteiger charge is -2.26. The lowest BCUT2D eigenvalue weighted by molar-refractivity contribution is -0.119.